The number of nitrogens with zero attached hydrogens (tertiary/aromatic N) is 1. The van der Waals surface area contributed by atoms with Crippen LogP contribution in [0.3, 0.4) is 0 Å². The molecule has 3 rings (SSSR count). The van der Waals surface area contributed by atoms with E-state index in [0.29, 0.717) is 15.9 Å². The molecule has 2 aromatic rings. The third-order valence-electron chi connectivity index (χ3n) is 4.47. The van der Waals surface area contributed by atoms with E-state index in [1.54, 1.807) is 24.3 Å². The Morgan fingerprint density at radius 2 is 1.82 bits per heavy atom. The van der Waals surface area contributed by atoms with E-state index in [0.717, 1.165) is 29.7 Å². The normalized spacial score (nSPS) is 17.6. The van der Waals surface area contributed by atoms with Gasteiger partial charge in [-0.2, -0.15) is 0 Å². The minimum Gasteiger partial charge on any atom is -0.325 e. The number of para-hydroxylation sites is 2. The number of aryl methyl sites for hydroxylation is 2. The average Bonchev–Trinajstić information content (AvgIpc) is 3.02. The summed E-state index contributed by atoms with van der Waals surface area (Å²) in [7, 11) is 0. The molecule has 1 aliphatic heterocycles. The van der Waals surface area contributed by atoms with Gasteiger partial charge in [0, 0.05) is 6.42 Å². The minimum absolute atomic E-state index is 0.0524. The Morgan fingerprint density at radius 3 is 2.46 bits per heavy atom. The summed E-state index contributed by atoms with van der Waals surface area (Å²) in [6.45, 7) is 4.17. The molecule has 28 heavy (non-hydrogen) atoms. The van der Waals surface area contributed by atoms with Crippen molar-refractivity contribution in [3.63, 3.8) is 0 Å². The zero-order valence-corrected chi connectivity index (χ0v) is 17.4. The molecule has 0 radical (unpaired) electrons. The summed E-state index contributed by atoms with van der Waals surface area (Å²) in [6, 6.07) is 13.1. The molecule has 2 N–H and O–H groups in total. The Kier molecular flexibility index (Phi) is 6.75. The Hall–Kier alpha value is -2.31. The third kappa shape index (κ3) is 4.75. The lowest BCUT2D eigenvalue weighted by atomic mass is 10.0. The number of benzene rings is 2. The fourth-order valence-corrected chi connectivity index (χ4v) is 4.14. The summed E-state index contributed by atoms with van der Waals surface area (Å²) in [5, 5.41) is 6.05. The van der Waals surface area contributed by atoms with Crippen LogP contribution in [0.4, 0.5) is 11.4 Å². The number of hydrogen-bond acceptors (Lipinski definition) is 4. The quantitative estimate of drug-likeness (QED) is 0.717. The van der Waals surface area contributed by atoms with Crippen molar-refractivity contribution in [1.29, 1.82) is 0 Å². The standard InChI is InChI=1S/C21H22ClN3O2S/c1-3-13-8-7-9-14(4-2)19(13)24-21-25-20(27)17(28-21)12-18(26)23-16-11-6-5-10-15(16)22/h5-11,17H,3-4,12H2,1-2H3,(H,23,26)(H,24,25,27)/t17-/m1/s1. The number of thioether (sulfide) groups is 1. The van der Waals surface area contributed by atoms with Gasteiger partial charge in [-0.1, -0.05) is 67.5 Å². The van der Waals surface area contributed by atoms with Crippen molar-refractivity contribution in [1.82, 2.24) is 5.32 Å². The summed E-state index contributed by atoms with van der Waals surface area (Å²) in [5.41, 5.74) is 3.73. The summed E-state index contributed by atoms with van der Waals surface area (Å²) < 4.78 is 0. The van der Waals surface area contributed by atoms with Crippen molar-refractivity contribution in [2.75, 3.05) is 5.32 Å². The van der Waals surface area contributed by atoms with Gasteiger partial charge in [0.2, 0.25) is 11.8 Å². The molecular weight excluding hydrogens is 394 g/mol. The van der Waals surface area contributed by atoms with Crippen LogP contribution >= 0.6 is 23.4 Å². The SMILES string of the molecule is CCc1cccc(CC)c1N=C1NC(=O)[C@@H](CC(=O)Nc2ccccc2Cl)S1. The van der Waals surface area contributed by atoms with Crippen LogP contribution < -0.4 is 10.6 Å². The zero-order chi connectivity index (χ0) is 20.1. The molecule has 0 aliphatic carbocycles. The number of carbonyl (C=O) groups is 2. The van der Waals surface area contributed by atoms with Crippen LogP contribution in [0.25, 0.3) is 0 Å². The van der Waals surface area contributed by atoms with Crippen molar-refractivity contribution < 1.29 is 9.59 Å². The average molecular weight is 416 g/mol. The van der Waals surface area contributed by atoms with E-state index in [9.17, 15) is 9.59 Å². The van der Waals surface area contributed by atoms with Crippen molar-refractivity contribution in [2.24, 2.45) is 4.99 Å². The van der Waals surface area contributed by atoms with Gasteiger partial charge in [0.15, 0.2) is 5.17 Å². The van der Waals surface area contributed by atoms with Crippen molar-refractivity contribution in [2.45, 2.75) is 38.4 Å². The monoisotopic (exact) mass is 415 g/mol. The number of nitrogens with one attached hydrogen (secondary N) is 2. The van der Waals surface area contributed by atoms with E-state index >= 15 is 0 Å². The number of aliphatic imine (C=N–C) groups is 1. The maximum Gasteiger partial charge on any atom is 0.240 e. The highest BCUT2D eigenvalue weighted by atomic mass is 35.5. The molecule has 0 bridgehead atoms. The lowest BCUT2D eigenvalue weighted by Gasteiger charge is -2.09. The first-order valence-electron chi connectivity index (χ1n) is 9.23. The Bertz CT molecular complexity index is 907. The molecule has 1 heterocycles. The molecule has 146 valence electrons. The molecule has 1 fully saturated rings. The molecule has 0 saturated carbocycles. The highest BCUT2D eigenvalue weighted by Crippen LogP contribution is 2.30. The van der Waals surface area contributed by atoms with Crippen LogP contribution in [0.5, 0.6) is 0 Å². The van der Waals surface area contributed by atoms with E-state index < -0.39 is 5.25 Å². The Morgan fingerprint density at radius 1 is 1.14 bits per heavy atom. The molecular formula is C21H22ClN3O2S. The van der Waals surface area contributed by atoms with Gasteiger partial charge in [-0.25, -0.2) is 4.99 Å². The van der Waals surface area contributed by atoms with Crippen LogP contribution in [-0.2, 0) is 22.4 Å². The van der Waals surface area contributed by atoms with Gasteiger partial charge >= 0.3 is 0 Å². The van der Waals surface area contributed by atoms with Crippen LogP contribution in [0.2, 0.25) is 5.02 Å². The summed E-state index contributed by atoms with van der Waals surface area (Å²) in [6.07, 6.45) is 1.78. The molecule has 1 atom stereocenters. The predicted molar refractivity (Wildman–Crippen MR) is 117 cm³/mol. The lowest BCUT2D eigenvalue weighted by Crippen LogP contribution is -2.28. The molecule has 7 heteroatoms. The number of amidine groups is 1. The van der Waals surface area contributed by atoms with E-state index in [2.05, 4.69) is 36.6 Å². The van der Waals surface area contributed by atoms with Crippen LogP contribution in [0.15, 0.2) is 47.5 Å². The number of amides is 2. The largest absolute Gasteiger partial charge is 0.325 e. The fourth-order valence-electron chi connectivity index (χ4n) is 2.98. The number of hydrogen-bond donors (Lipinski definition) is 2. The zero-order valence-electron chi connectivity index (χ0n) is 15.8. The molecule has 0 spiro atoms. The summed E-state index contributed by atoms with van der Waals surface area (Å²) >= 11 is 7.36. The molecule has 5 nitrogen and oxygen atoms in total. The number of anilines is 1. The molecule has 0 unspecified atom stereocenters. The highest BCUT2D eigenvalue weighted by molar-refractivity contribution is 8.15. The molecule has 1 saturated heterocycles. The number of halogens is 1. The van der Waals surface area contributed by atoms with E-state index in [1.165, 1.54) is 11.8 Å². The Labute approximate surface area is 174 Å². The van der Waals surface area contributed by atoms with E-state index in [-0.39, 0.29) is 18.2 Å². The first kappa shape index (κ1) is 20.4. The highest BCUT2D eigenvalue weighted by Gasteiger charge is 2.32. The Balaban J connectivity index is 1.71. The maximum absolute atomic E-state index is 12.3. The molecule has 2 aromatic carbocycles. The first-order valence-corrected chi connectivity index (χ1v) is 10.5. The predicted octanol–water partition coefficient (Wildman–Crippen LogP) is 4.71. The fraction of sp³-hybridized carbons (Fsp3) is 0.286. The van der Waals surface area contributed by atoms with E-state index in [1.807, 2.05) is 6.07 Å². The lowest BCUT2D eigenvalue weighted by molar-refractivity contribution is -0.122. The number of carbonyl (C=O) groups excluding carboxylic acids is 2. The summed E-state index contributed by atoms with van der Waals surface area (Å²) in [4.78, 5) is 29.3. The van der Waals surface area contributed by atoms with Crippen LogP contribution in [-0.4, -0.2) is 22.2 Å². The van der Waals surface area contributed by atoms with Gasteiger partial charge in [0.05, 0.1) is 16.4 Å². The first-order chi connectivity index (χ1) is 13.5. The second-order valence-corrected chi connectivity index (χ2v) is 7.98. The third-order valence-corrected chi connectivity index (χ3v) is 5.88. The van der Waals surface area contributed by atoms with Crippen molar-refractivity contribution in [3.8, 4) is 0 Å². The summed E-state index contributed by atoms with van der Waals surface area (Å²) in [5.74, 6) is -0.463. The van der Waals surface area contributed by atoms with Gasteiger partial charge in [0.1, 0.15) is 5.25 Å². The topological polar surface area (TPSA) is 70.6 Å². The van der Waals surface area contributed by atoms with Gasteiger partial charge in [-0.05, 0) is 36.1 Å². The van der Waals surface area contributed by atoms with Crippen molar-refractivity contribution >= 4 is 51.7 Å². The molecule has 1 aliphatic rings. The second-order valence-electron chi connectivity index (χ2n) is 6.38. The maximum atomic E-state index is 12.3. The van der Waals surface area contributed by atoms with E-state index in [4.69, 9.17) is 16.6 Å². The van der Waals surface area contributed by atoms with Gasteiger partial charge in [0.25, 0.3) is 0 Å². The van der Waals surface area contributed by atoms with Gasteiger partial charge in [-0.3, -0.25) is 9.59 Å². The molecule has 0 aromatic heterocycles. The van der Waals surface area contributed by atoms with Crippen molar-refractivity contribution in [3.05, 3.63) is 58.6 Å². The smallest absolute Gasteiger partial charge is 0.240 e. The van der Waals surface area contributed by atoms with Gasteiger partial charge < -0.3 is 10.6 Å². The minimum atomic E-state index is -0.514. The van der Waals surface area contributed by atoms with Gasteiger partial charge in [-0.15, -0.1) is 0 Å². The van der Waals surface area contributed by atoms with Crippen LogP contribution in [0.1, 0.15) is 31.4 Å². The number of rotatable bonds is 6. The molecule has 2 amide bonds. The van der Waals surface area contributed by atoms with Crippen LogP contribution in [0, 0.1) is 0 Å². The second kappa shape index (κ2) is 9.26.